The van der Waals surface area contributed by atoms with Crippen molar-refractivity contribution in [2.24, 2.45) is 0 Å². The van der Waals surface area contributed by atoms with Gasteiger partial charge in [-0.15, -0.1) is 0 Å². The average Bonchev–Trinajstić information content (AvgIpc) is 2.93. The molecule has 0 saturated carbocycles. The molecule has 0 aliphatic carbocycles. The fourth-order valence-electron chi connectivity index (χ4n) is 2.48. The summed E-state index contributed by atoms with van der Waals surface area (Å²) in [6.07, 6.45) is 1.28. The summed E-state index contributed by atoms with van der Waals surface area (Å²) in [5.41, 5.74) is 2.35. The summed E-state index contributed by atoms with van der Waals surface area (Å²) < 4.78 is 26.8. The van der Waals surface area contributed by atoms with Gasteiger partial charge in [0.1, 0.15) is 0 Å². The first-order valence-corrected chi connectivity index (χ1v) is 7.98. The van der Waals surface area contributed by atoms with Gasteiger partial charge in [-0.2, -0.15) is 0 Å². The third-order valence-electron chi connectivity index (χ3n) is 3.51. The molecule has 0 spiro atoms. The van der Waals surface area contributed by atoms with Crippen molar-refractivity contribution in [1.82, 2.24) is 0 Å². The highest BCUT2D eigenvalue weighted by atomic mass is 32.2. The average molecular weight is 302 g/mol. The second kappa shape index (κ2) is 5.21. The molecule has 0 bridgehead atoms. The fourth-order valence-corrected chi connectivity index (χ4v) is 3.98. The van der Waals surface area contributed by atoms with Crippen LogP contribution in [0.1, 0.15) is 5.56 Å². The van der Waals surface area contributed by atoms with Gasteiger partial charge in [0.05, 0.1) is 10.6 Å². The number of carbonyl (C=O) groups is 1. The van der Waals surface area contributed by atoms with Crippen molar-refractivity contribution in [2.75, 3.05) is 16.2 Å². The predicted octanol–water partition coefficient (Wildman–Crippen LogP) is 2.01. The second-order valence-corrected chi connectivity index (χ2v) is 6.60. The number of anilines is 2. The third kappa shape index (κ3) is 2.38. The van der Waals surface area contributed by atoms with E-state index in [1.165, 1.54) is 16.4 Å². The third-order valence-corrected chi connectivity index (χ3v) is 5.34. The Morgan fingerprint density at radius 3 is 2.48 bits per heavy atom. The molecule has 1 aliphatic rings. The molecule has 6 heteroatoms. The number of benzene rings is 2. The number of para-hydroxylation sites is 1. The SMILES string of the molecule is O=CNc1ccc(S(=O)(=O)N2CCc3ccccc32)cc1. The Balaban J connectivity index is 1.96. The van der Waals surface area contributed by atoms with Gasteiger partial charge < -0.3 is 5.32 Å². The molecule has 0 saturated heterocycles. The highest BCUT2D eigenvalue weighted by molar-refractivity contribution is 7.92. The summed E-state index contributed by atoms with van der Waals surface area (Å²) in [5, 5.41) is 2.48. The standard InChI is InChI=1S/C15H14N2O3S/c18-11-16-13-5-7-14(8-6-13)21(19,20)17-10-9-12-3-1-2-4-15(12)17/h1-8,11H,9-10H2,(H,16,18). The Labute approximate surface area is 123 Å². The number of fused-ring (bicyclic) bond motifs is 1. The van der Waals surface area contributed by atoms with E-state index in [0.29, 0.717) is 18.6 Å². The lowest BCUT2D eigenvalue weighted by Crippen LogP contribution is -2.29. The Kier molecular flexibility index (Phi) is 3.39. The number of amides is 1. The van der Waals surface area contributed by atoms with Crippen LogP contribution in [0.3, 0.4) is 0 Å². The van der Waals surface area contributed by atoms with Crippen LogP contribution < -0.4 is 9.62 Å². The Hall–Kier alpha value is -2.34. The molecule has 0 atom stereocenters. The maximum absolute atomic E-state index is 12.7. The largest absolute Gasteiger partial charge is 0.329 e. The van der Waals surface area contributed by atoms with Gasteiger partial charge >= 0.3 is 0 Å². The molecule has 1 heterocycles. The van der Waals surface area contributed by atoms with Gasteiger partial charge in [0.15, 0.2) is 0 Å². The minimum Gasteiger partial charge on any atom is -0.329 e. The lowest BCUT2D eigenvalue weighted by atomic mass is 10.2. The first-order chi connectivity index (χ1) is 10.1. The van der Waals surface area contributed by atoms with Crippen LogP contribution in [-0.4, -0.2) is 21.4 Å². The van der Waals surface area contributed by atoms with Crippen molar-refractivity contribution in [1.29, 1.82) is 0 Å². The number of nitrogens with zero attached hydrogens (tertiary/aromatic N) is 1. The Bertz CT molecular complexity index is 770. The van der Waals surface area contributed by atoms with Crippen molar-refractivity contribution in [3.63, 3.8) is 0 Å². The molecule has 2 aromatic carbocycles. The van der Waals surface area contributed by atoms with E-state index >= 15 is 0 Å². The van der Waals surface area contributed by atoms with E-state index in [1.807, 2.05) is 24.3 Å². The summed E-state index contributed by atoms with van der Waals surface area (Å²) in [7, 11) is -3.57. The summed E-state index contributed by atoms with van der Waals surface area (Å²) in [4.78, 5) is 10.6. The van der Waals surface area contributed by atoms with Gasteiger partial charge in [0, 0.05) is 12.2 Å². The van der Waals surface area contributed by atoms with E-state index in [9.17, 15) is 13.2 Å². The number of nitrogens with one attached hydrogen (secondary N) is 1. The van der Waals surface area contributed by atoms with E-state index in [0.717, 1.165) is 17.7 Å². The molecule has 3 rings (SSSR count). The minimum atomic E-state index is -3.57. The van der Waals surface area contributed by atoms with Crippen LogP contribution in [0, 0.1) is 0 Å². The van der Waals surface area contributed by atoms with Crippen LogP contribution in [-0.2, 0) is 21.2 Å². The smallest absolute Gasteiger partial charge is 0.264 e. The van der Waals surface area contributed by atoms with Gasteiger partial charge in [-0.1, -0.05) is 18.2 Å². The zero-order chi connectivity index (χ0) is 14.9. The van der Waals surface area contributed by atoms with E-state index in [2.05, 4.69) is 5.32 Å². The highest BCUT2D eigenvalue weighted by Gasteiger charge is 2.30. The number of sulfonamides is 1. The van der Waals surface area contributed by atoms with Crippen LogP contribution in [0.4, 0.5) is 11.4 Å². The van der Waals surface area contributed by atoms with Gasteiger partial charge in [-0.3, -0.25) is 9.10 Å². The molecule has 1 aliphatic heterocycles. The lowest BCUT2D eigenvalue weighted by molar-refractivity contribution is -0.105. The fraction of sp³-hybridized carbons (Fsp3) is 0.133. The van der Waals surface area contributed by atoms with Gasteiger partial charge in [0.25, 0.3) is 10.0 Å². The van der Waals surface area contributed by atoms with E-state index in [1.54, 1.807) is 12.1 Å². The summed E-state index contributed by atoms with van der Waals surface area (Å²) in [5.74, 6) is 0. The normalized spacial score (nSPS) is 13.8. The number of rotatable bonds is 4. The topological polar surface area (TPSA) is 66.5 Å². The Morgan fingerprint density at radius 2 is 1.76 bits per heavy atom. The van der Waals surface area contributed by atoms with Crippen molar-refractivity contribution < 1.29 is 13.2 Å². The molecule has 0 unspecified atom stereocenters. The Morgan fingerprint density at radius 1 is 1.05 bits per heavy atom. The van der Waals surface area contributed by atoms with E-state index in [-0.39, 0.29) is 4.90 Å². The highest BCUT2D eigenvalue weighted by Crippen LogP contribution is 2.32. The molecule has 1 N–H and O–H groups in total. The molecule has 1 amide bonds. The van der Waals surface area contributed by atoms with Crippen LogP contribution in [0.15, 0.2) is 53.4 Å². The maximum atomic E-state index is 12.7. The summed E-state index contributed by atoms with van der Waals surface area (Å²) in [6, 6.07) is 13.7. The lowest BCUT2D eigenvalue weighted by Gasteiger charge is -2.19. The van der Waals surface area contributed by atoms with E-state index in [4.69, 9.17) is 0 Å². The minimum absolute atomic E-state index is 0.218. The summed E-state index contributed by atoms with van der Waals surface area (Å²) >= 11 is 0. The number of hydrogen-bond donors (Lipinski definition) is 1. The molecule has 21 heavy (non-hydrogen) atoms. The molecule has 0 radical (unpaired) electrons. The van der Waals surface area contributed by atoms with Crippen molar-refractivity contribution in [3.05, 3.63) is 54.1 Å². The van der Waals surface area contributed by atoms with Gasteiger partial charge in [-0.25, -0.2) is 8.42 Å². The molecule has 0 fully saturated rings. The van der Waals surface area contributed by atoms with Crippen LogP contribution in [0.25, 0.3) is 0 Å². The molecular formula is C15H14N2O3S. The molecule has 108 valence electrons. The number of carbonyl (C=O) groups excluding carboxylic acids is 1. The van der Waals surface area contributed by atoms with Crippen molar-refractivity contribution >= 4 is 27.8 Å². The van der Waals surface area contributed by atoms with E-state index < -0.39 is 10.0 Å². The zero-order valence-electron chi connectivity index (χ0n) is 11.2. The maximum Gasteiger partial charge on any atom is 0.264 e. The summed E-state index contributed by atoms with van der Waals surface area (Å²) in [6.45, 7) is 0.454. The monoisotopic (exact) mass is 302 g/mol. The first-order valence-electron chi connectivity index (χ1n) is 6.54. The molecular weight excluding hydrogens is 288 g/mol. The second-order valence-electron chi connectivity index (χ2n) is 4.74. The van der Waals surface area contributed by atoms with Gasteiger partial charge in [-0.05, 0) is 42.3 Å². The van der Waals surface area contributed by atoms with Crippen LogP contribution in [0.5, 0.6) is 0 Å². The first kappa shape index (κ1) is 13.6. The van der Waals surface area contributed by atoms with Crippen molar-refractivity contribution in [3.8, 4) is 0 Å². The predicted molar refractivity (Wildman–Crippen MR) is 80.8 cm³/mol. The zero-order valence-corrected chi connectivity index (χ0v) is 12.0. The van der Waals surface area contributed by atoms with Gasteiger partial charge in [0.2, 0.25) is 6.41 Å². The molecule has 2 aromatic rings. The van der Waals surface area contributed by atoms with Crippen molar-refractivity contribution in [2.45, 2.75) is 11.3 Å². The number of hydrogen-bond acceptors (Lipinski definition) is 3. The quantitative estimate of drug-likeness (QED) is 0.879. The molecule has 5 nitrogen and oxygen atoms in total. The van der Waals surface area contributed by atoms with Crippen LogP contribution >= 0.6 is 0 Å². The molecule has 0 aromatic heterocycles. The van der Waals surface area contributed by atoms with Crippen LogP contribution in [0.2, 0.25) is 0 Å².